The molecule has 1 aromatic heterocycles. The Morgan fingerprint density at radius 1 is 1.33 bits per heavy atom. The van der Waals surface area contributed by atoms with E-state index in [1.807, 2.05) is 18.4 Å². The highest BCUT2D eigenvalue weighted by Crippen LogP contribution is 2.44. The minimum atomic E-state index is 0.153. The second kappa shape index (κ2) is 5.86. The summed E-state index contributed by atoms with van der Waals surface area (Å²) in [6.07, 6.45) is 4.11. The maximum Gasteiger partial charge on any atom is 0.185 e. The minimum Gasteiger partial charge on any atom is -0.380 e. The standard InChI is InChI=1S/C16H27N3OS/c1-16(2,3)17-9-13-14(11-5-6-11)18-15(21-13)19-8-7-12(10-19)20-4/h11-12,17H,5-10H2,1-4H3. The number of hydrogen-bond donors (Lipinski definition) is 1. The minimum absolute atomic E-state index is 0.153. The molecule has 2 fully saturated rings. The maximum absolute atomic E-state index is 5.47. The molecule has 1 saturated heterocycles. The second-order valence-corrected chi connectivity index (χ2v) is 8.34. The Kier molecular flexibility index (Phi) is 4.26. The molecule has 0 spiro atoms. The SMILES string of the molecule is COC1CCN(c2nc(C3CC3)c(CNC(C)(C)C)s2)C1. The highest BCUT2D eigenvalue weighted by molar-refractivity contribution is 7.15. The lowest BCUT2D eigenvalue weighted by Crippen LogP contribution is -2.35. The molecule has 0 amide bonds. The summed E-state index contributed by atoms with van der Waals surface area (Å²) in [5.41, 5.74) is 1.51. The fourth-order valence-corrected chi connectivity index (χ4v) is 3.85. The predicted molar refractivity (Wildman–Crippen MR) is 88.3 cm³/mol. The quantitative estimate of drug-likeness (QED) is 0.907. The van der Waals surface area contributed by atoms with E-state index in [-0.39, 0.29) is 5.54 Å². The molecule has 0 bridgehead atoms. The molecule has 118 valence electrons. The monoisotopic (exact) mass is 309 g/mol. The van der Waals surface area contributed by atoms with Crippen LogP contribution in [-0.4, -0.2) is 36.8 Å². The molecular formula is C16H27N3OS. The summed E-state index contributed by atoms with van der Waals surface area (Å²) in [7, 11) is 1.81. The van der Waals surface area contributed by atoms with Crippen LogP contribution in [-0.2, 0) is 11.3 Å². The number of rotatable bonds is 5. The van der Waals surface area contributed by atoms with E-state index < -0.39 is 0 Å². The molecule has 0 radical (unpaired) electrons. The van der Waals surface area contributed by atoms with E-state index in [1.165, 1.54) is 28.5 Å². The number of thiazole rings is 1. The smallest absolute Gasteiger partial charge is 0.185 e. The van der Waals surface area contributed by atoms with Crippen LogP contribution in [0.15, 0.2) is 0 Å². The average Bonchev–Trinajstić information content (AvgIpc) is 3.01. The van der Waals surface area contributed by atoms with Crippen molar-refractivity contribution in [1.82, 2.24) is 10.3 Å². The van der Waals surface area contributed by atoms with Crippen molar-refractivity contribution in [1.29, 1.82) is 0 Å². The molecule has 1 saturated carbocycles. The van der Waals surface area contributed by atoms with E-state index >= 15 is 0 Å². The lowest BCUT2D eigenvalue weighted by Gasteiger charge is -2.20. The van der Waals surface area contributed by atoms with Gasteiger partial charge in [-0.05, 0) is 40.0 Å². The third kappa shape index (κ3) is 3.76. The van der Waals surface area contributed by atoms with Gasteiger partial charge in [-0.15, -0.1) is 11.3 Å². The Morgan fingerprint density at radius 2 is 2.10 bits per heavy atom. The molecule has 2 heterocycles. The number of methoxy groups -OCH3 is 1. The number of anilines is 1. The lowest BCUT2D eigenvalue weighted by atomic mass is 10.1. The third-order valence-electron chi connectivity index (χ3n) is 4.21. The fourth-order valence-electron chi connectivity index (χ4n) is 2.73. The van der Waals surface area contributed by atoms with Gasteiger partial charge in [-0.1, -0.05) is 0 Å². The summed E-state index contributed by atoms with van der Waals surface area (Å²) in [6, 6.07) is 0. The summed E-state index contributed by atoms with van der Waals surface area (Å²) in [5.74, 6) is 0.715. The number of hydrogen-bond acceptors (Lipinski definition) is 5. The second-order valence-electron chi connectivity index (χ2n) is 7.28. The average molecular weight is 309 g/mol. The normalized spacial score (nSPS) is 23.0. The number of nitrogens with zero attached hydrogens (tertiary/aromatic N) is 2. The van der Waals surface area contributed by atoms with Gasteiger partial charge in [0.25, 0.3) is 0 Å². The Labute approximate surface area is 131 Å². The van der Waals surface area contributed by atoms with Gasteiger partial charge >= 0.3 is 0 Å². The van der Waals surface area contributed by atoms with E-state index in [1.54, 1.807) is 0 Å². The van der Waals surface area contributed by atoms with Crippen molar-refractivity contribution in [3.8, 4) is 0 Å². The molecule has 1 N–H and O–H groups in total. The molecule has 1 atom stereocenters. The number of aromatic nitrogens is 1. The van der Waals surface area contributed by atoms with E-state index in [9.17, 15) is 0 Å². The van der Waals surface area contributed by atoms with Crippen LogP contribution < -0.4 is 10.2 Å². The molecule has 2 aliphatic rings. The zero-order valence-electron chi connectivity index (χ0n) is 13.6. The van der Waals surface area contributed by atoms with Crippen LogP contribution in [0, 0.1) is 0 Å². The molecule has 21 heavy (non-hydrogen) atoms. The summed E-state index contributed by atoms with van der Waals surface area (Å²) in [4.78, 5) is 8.80. The largest absolute Gasteiger partial charge is 0.380 e. The van der Waals surface area contributed by atoms with Gasteiger partial charge in [-0.2, -0.15) is 0 Å². The van der Waals surface area contributed by atoms with Gasteiger partial charge in [0, 0.05) is 43.1 Å². The van der Waals surface area contributed by atoms with Crippen molar-refractivity contribution >= 4 is 16.5 Å². The highest BCUT2D eigenvalue weighted by Gasteiger charge is 2.32. The summed E-state index contributed by atoms with van der Waals surface area (Å²) >= 11 is 1.88. The Hall–Kier alpha value is -0.650. The molecule has 1 unspecified atom stereocenters. The van der Waals surface area contributed by atoms with Gasteiger partial charge in [0.2, 0.25) is 0 Å². The van der Waals surface area contributed by atoms with E-state index in [2.05, 4.69) is 31.0 Å². The van der Waals surface area contributed by atoms with Crippen molar-refractivity contribution in [2.24, 2.45) is 0 Å². The van der Waals surface area contributed by atoms with Crippen LogP contribution in [0.3, 0.4) is 0 Å². The first-order valence-electron chi connectivity index (χ1n) is 7.98. The Morgan fingerprint density at radius 3 is 2.67 bits per heavy atom. The van der Waals surface area contributed by atoms with Gasteiger partial charge in [-0.3, -0.25) is 0 Å². The zero-order chi connectivity index (χ0) is 15.0. The molecular weight excluding hydrogens is 282 g/mol. The van der Waals surface area contributed by atoms with Gasteiger partial charge in [0.05, 0.1) is 11.8 Å². The van der Waals surface area contributed by atoms with Gasteiger partial charge < -0.3 is 15.0 Å². The van der Waals surface area contributed by atoms with Crippen LogP contribution in [0.25, 0.3) is 0 Å². The van der Waals surface area contributed by atoms with Crippen LogP contribution in [0.2, 0.25) is 0 Å². The van der Waals surface area contributed by atoms with Gasteiger partial charge in [-0.25, -0.2) is 4.98 Å². The topological polar surface area (TPSA) is 37.4 Å². The molecule has 4 nitrogen and oxygen atoms in total. The summed E-state index contributed by atoms with van der Waals surface area (Å²) < 4.78 is 5.47. The van der Waals surface area contributed by atoms with Gasteiger partial charge in [0.1, 0.15) is 0 Å². The van der Waals surface area contributed by atoms with E-state index in [0.717, 1.165) is 26.1 Å². The van der Waals surface area contributed by atoms with Crippen LogP contribution in [0.1, 0.15) is 56.5 Å². The first kappa shape index (κ1) is 15.3. The highest BCUT2D eigenvalue weighted by atomic mass is 32.1. The lowest BCUT2D eigenvalue weighted by molar-refractivity contribution is 0.121. The molecule has 5 heteroatoms. The summed E-state index contributed by atoms with van der Waals surface area (Å²) in [6.45, 7) is 9.65. The Bertz CT molecular complexity index is 490. The maximum atomic E-state index is 5.47. The predicted octanol–water partition coefficient (Wildman–Crippen LogP) is 3.13. The molecule has 1 aromatic rings. The zero-order valence-corrected chi connectivity index (χ0v) is 14.4. The van der Waals surface area contributed by atoms with Crippen molar-refractivity contribution in [2.75, 3.05) is 25.1 Å². The molecule has 1 aliphatic carbocycles. The van der Waals surface area contributed by atoms with Crippen molar-refractivity contribution in [3.05, 3.63) is 10.6 Å². The fraction of sp³-hybridized carbons (Fsp3) is 0.812. The Balaban J connectivity index is 1.73. The van der Waals surface area contributed by atoms with E-state index in [0.29, 0.717) is 12.0 Å². The third-order valence-corrected chi connectivity index (χ3v) is 5.34. The molecule has 1 aliphatic heterocycles. The first-order chi connectivity index (χ1) is 9.96. The van der Waals surface area contributed by atoms with Crippen LogP contribution in [0.5, 0.6) is 0 Å². The van der Waals surface area contributed by atoms with Crippen LogP contribution in [0.4, 0.5) is 5.13 Å². The first-order valence-corrected chi connectivity index (χ1v) is 8.80. The molecule has 0 aromatic carbocycles. The van der Waals surface area contributed by atoms with Crippen LogP contribution >= 0.6 is 11.3 Å². The number of nitrogens with one attached hydrogen (secondary N) is 1. The van der Waals surface area contributed by atoms with Gasteiger partial charge in [0.15, 0.2) is 5.13 Å². The van der Waals surface area contributed by atoms with Crippen molar-refractivity contribution in [2.45, 2.75) is 64.1 Å². The number of ether oxygens (including phenoxy) is 1. The molecule has 3 rings (SSSR count). The van der Waals surface area contributed by atoms with E-state index in [4.69, 9.17) is 9.72 Å². The van der Waals surface area contributed by atoms with Crippen molar-refractivity contribution in [3.63, 3.8) is 0 Å². The van der Waals surface area contributed by atoms with Crippen molar-refractivity contribution < 1.29 is 4.74 Å². The summed E-state index contributed by atoms with van der Waals surface area (Å²) in [5, 5.41) is 4.81.